The van der Waals surface area contributed by atoms with Crippen molar-refractivity contribution >= 4 is 16.8 Å². The fourth-order valence-corrected chi connectivity index (χ4v) is 3.40. The summed E-state index contributed by atoms with van der Waals surface area (Å²) in [7, 11) is 0. The van der Waals surface area contributed by atoms with E-state index in [1.807, 2.05) is 0 Å². The molecule has 0 saturated carbocycles. The van der Waals surface area contributed by atoms with Crippen molar-refractivity contribution in [1.29, 1.82) is 0 Å². The molecule has 1 atom stereocenters. The number of benzene rings is 2. The van der Waals surface area contributed by atoms with E-state index in [4.69, 9.17) is 0 Å². The van der Waals surface area contributed by atoms with Crippen LogP contribution in [0.4, 0.5) is 26.7 Å². The van der Waals surface area contributed by atoms with E-state index in [-0.39, 0.29) is 24.0 Å². The molecule has 2 aromatic carbocycles. The lowest BCUT2D eigenvalue weighted by Crippen LogP contribution is -2.41. The minimum absolute atomic E-state index is 0.0143. The standard InChI is InChI=1S/C21H18F5N3O2/c1-3-29(21(31)28-8-11-6-15(23)18(25)16(24)7-11)10(2)13-9-27-20(30)17-12(13)4-5-14(22)19(17)26/h4-7,9-10H,3,8H2,1-2H3,(H,27,30)(H,28,31)/t10-/m1/s1. The van der Waals surface area contributed by atoms with E-state index in [0.717, 1.165) is 18.2 Å². The zero-order chi connectivity index (χ0) is 22.9. The first kappa shape index (κ1) is 22.3. The van der Waals surface area contributed by atoms with Crippen LogP contribution in [0.25, 0.3) is 10.8 Å². The number of nitrogens with one attached hydrogen (secondary N) is 2. The van der Waals surface area contributed by atoms with Crippen molar-refractivity contribution in [3.63, 3.8) is 0 Å². The first-order valence-electron chi connectivity index (χ1n) is 9.32. The Morgan fingerprint density at radius 1 is 1.06 bits per heavy atom. The van der Waals surface area contributed by atoms with Gasteiger partial charge in [0, 0.05) is 19.3 Å². The maximum atomic E-state index is 14.2. The molecule has 0 bridgehead atoms. The van der Waals surface area contributed by atoms with Gasteiger partial charge >= 0.3 is 6.03 Å². The first-order chi connectivity index (χ1) is 14.6. The molecule has 1 aromatic heterocycles. The monoisotopic (exact) mass is 439 g/mol. The molecule has 0 spiro atoms. The quantitative estimate of drug-likeness (QED) is 0.454. The van der Waals surface area contributed by atoms with E-state index in [0.29, 0.717) is 5.56 Å². The number of H-pyrrole nitrogens is 1. The Balaban J connectivity index is 1.87. The number of hydrogen-bond acceptors (Lipinski definition) is 2. The van der Waals surface area contributed by atoms with Crippen LogP contribution in [0.2, 0.25) is 0 Å². The van der Waals surface area contributed by atoms with Gasteiger partial charge in [-0.2, -0.15) is 0 Å². The van der Waals surface area contributed by atoms with Gasteiger partial charge < -0.3 is 15.2 Å². The van der Waals surface area contributed by atoms with Crippen LogP contribution in [0.1, 0.15) is 31.0 Å². The van der Waals surface area contributed by atoms with Crippen molar-refractivity contribution in [3.8, 4) is 0 Å². The Hall–Kier alpha value is -3.43. The highest BCUT2D eigenvalue weighted by atomic mass is 19.2. The van der Waals surface area contributed by atoms with Gasteiger partial charge in [-0.25, -0.2) is 26.7 Å². The summed E-state index contributed by atoms with van der Waals surface area (Å²) < 4.78 is 67.5. The maximum Gasteiger partial charge on any atom is 0.318 e. The third-order valence-electron chi connectivity index (χ3n) is 5.00. The second-order valence-corrected chi connectivity index (χ2v) is 6.85. The zero-order valence-electron chi connectivity index (χ0n) is 16.5. The van der Waals surface area contributed by atoms with Gasteiger partial charge in [0.25, 0.3) is 5.56 Å². The third kappa shape index (κ3) is 4.23. The molecule has 2 amide bonds. The molecule has 0 saturated heterocycles. The largest absolute Gasteiger partial charge is 0.334 e. The van der Waals surface area contributed by atoms with Gasteiger partial charge in [-0.1, -0.05) is 6.07 Å². The number of urea groups is 1. The van der Waals surface area contributed by atoms with Gasteiger partial charge in [0.1, 0.15) is 0 Å². The SMILES string of the molecule is CCN(C(=O)NCc1cc(F)c(F)c(F)c1)[C@H](C)c1c[nH]c(=O)c2c(F)c(F)ccc12. The van der Waals surface area contributed by atoms with Crippen molar-refractivity contribution in [2.45, 2.75) is 26.4 Å². The van der Waals surface area contributed by atoms with Crippen LogP contribution >= 0.6 is 0 Å². The van der Waals surface area contributed by atoms with Gasteiger partial charge in [-0.05, 0) is 48.6 Å². The van der Waals surface area contributed by atoms with Crippen LogP contribution < -0.4 is 10.9 Å². The predicted octanol–water partition coefficient (Wildman–Crippen LogP) is 4.52. The Kier molecular flexibility index (Phi) is 6.28. The molecule has 3 aromatic rings. The second kappa shape index (κ2) is 8.75. The highest BCUT2D eigenvalue weighted by Gasteiger charge is 2.24. The highest BCUT2D eigenvalue weighted by molar-refractivity contribution is 5.86. The summed E-state index contributed by atoms with van der Waals surface area (Å²) in [6, 6.07) is 2.38. The summed E-state index contributed by atoms with van der Waals surface area (Å²) >= 11 is 0. The predicted molar refractivity (Wildman–Crippen MR) is 104 cm³/mol. The fourth-order valence-electron chi connectivity index (χ4n) is 3.40. The highest BCUT2D eigenvalue weighted by Crippen LogP contribution is 2.28. The smallest absolute Gasteiger partial charge is 0.318 e. The van der Waals surface area contributed by atoms with E-state index in [1.54, 1.807) is 13.8 Å². The van der Waals surface area contributed by atoms with Gasteiger partial charge in [0.2, 0.25) is 0 Å². The van der Waals surface area contributed by atoms with E-state index >= 15 is 0 Å². The number of pyridine rings is 1. The molecule has 5 nitrogen and oxygen atoms in total. The second-order valence-electron chi connectivity index (χ2n) is 6.85. The molecular weight excluding hydrogens is 421 g/mol. The number of amides is 2. The molecular formula is C21H18F5N3O2. The van der Waals surface area contributed by atoms with Gasteiger partial charge in [-0.3, -0.25) is 4.79 Å². The fraction of sp³-hybridized carbons (Fsp3) is 0.238. The van der Waals surface area contributed by atoms with E-state index < -0.39 is 52.1 Å². The van der Waals surface area contributed by atoms with Crippen molar-refractivity contribution < 1.29 is 26.7 Å². The summed E-state index contributed by atoms with van der Waals surface area (Å²) in [5.41, 5.74) is -0.430. The topological polar surface area (TPSA) is 65.2 Å². The van der Waals surface area contributed by atoms with Gasteiger partial charge in [0.15, 0.2) is 29.1 Å². The lowest BCUT2D eigenvalue weighted by atomic mass is 10.0. The Morgan fingerprint density at radius 3 is 2.32 bits per heavy atom. The first-order valence-corrected chi connectivity index (χ1v) is 9.32. The molecule has 0 aliphatic heterocycles. The summed E-state index contributed by atoms with van der Waals surface area (Å²) in [5.74, 6) is -6.82. The van der Waals surface area contributed by atoms with E-state index in [9.17, 15) is 31.5 Å². The third-order valence-corrected chi connectivity index (χ3v) is 5.00. The van der Waals surface area contributed by atoms with Gasteiger partial charge in [0.05, 0.1) is 11.4 Å². The molecule has 0 fully saturated rings. The molecule has 0 aliphatic carbocycles. The van der Waals surface area contributed by atoms with Crippen molar-refractivity contribution in [1.82, 2.24) is 15.2 Å². The lowest BCUT2D eigenvalue weighted by Gasteiger charge is -2.29. The van der Waals surface area contributed by atoms with Crippen LogP contribution in [0.15, 0.2) is 35.3 Å². The normalized spacial score (nSPS) is 12.1. The number of nitrogens with zero attached hydrogens (tertiary/aromatic N) is 1. The maximum absolute atomic E-state index is 14.2. The Bertz CT molecular complexity index is 1190. The Labute approximate surface area is 173 Å². The van der Waals surface area contributed by atoms with Crippen LogP contribution in [0.3, 0.4) is 0 Å². The number of hydrogen-bond donors (Lipinski definition) is 2. The van der Waals surface area contributed by atoms with Crippen LogP contribution in [0, 0.1) is 29.1 Å². The molecule has 0 aliphatic rings. The molecule has 1 heterocycles. The van der Waals surface area contributed by atoms with E-state index in [1.165, 1.54) is 17.2 Å². The minimum atomic E-state index is -1.60. The number of rotatable bonds is 5. The molecule has 3 rings (SSSR count). The molecule has 164 valence electrons. The summed E-state index contributed by atoms with van der Waals surface area (Å²) in [5, 5.41) is 2.16. The van der Waals surface area contributed by atoms with Gasteiger partial charge in [-0.15, -0.1) is 0 Å². The molecule has 0 radical (unpaired) electrons. The summed E-state index contributed by atoms with van der Waals surface area (Å²) in [6.07, 6.45) is 1.31. The van der Waals surface area contributed by atoms with Crippen LogP contribution in [-0.4, -0.2) is 22.5 Å². The Morgan fingerprint density at radius 2 is 1.71 bits per heavy atom. The number of carbonyl (C=O) groups excluding carboxylic acids is 1. The lowest BCUT2D eigenvalue weighted by molar-refractivity contribution is 0.182. The summed E-state index contributed by atoms with van der Waals surface area (Å²) in [4.78, 5) is 28.3. The van der Waals surface area contributed by atoms with Crippen molar-refractivity contribution in [2.75, 3.05) is 6.54 Å². The minimum Gasteiger partial charge on any atom is -0.334 e. The molecule has 31 heavy (non-hydrogen) atoms. The summed E-state index contributed by atoms with van der Waals surface area (Å²) in [6.45, 7) is 3.20. The van der Waals surface area contributed by atoms with Crippen LogP contribution in [-0.2, 0) is 6.54 Å². The molecule has 0 unspecified atom stereocenters. The van der Waals surface area contributed by atoms with Crippen molar-refractivity contribution in [3.05, 3.63) is 81.0 Å². The van der Waals surface area contributed by atoms with E-state index in [2.05, 4.69) is 10.3 Å². The van der Waals surface area contributed by atoms with Crippen molar-refractivity contribution in [2.24, 2.45) is 0 Å². The molecule has 10 heteroatoms. The number of carbonyl (C=O) groups is 1. The molecule has 2 N–H and O–H groups in total. The average Bonchev–Trinajstić information content (AvgIpc) is 2.73. The number of halogens is 5. The number of aromatic amines is 1. The average molecular weight is 439 g/mol. The zero-order valence-corrected chi connectivity index (χ0v) is 16.5. The van der Waals surface area contributed by atoms with Crippen LogP contribution in [0.5, 0.6) is 0 Å². The number of fused-ring (bicyclic) bond motifs is 1. The number of aromatic nitrogens is 1.